The van der Waals surface area contributed by atoms with Gasteiger partial charge >= 0.3 is 0 Å². The molecule has 2 fully saturated rings. The van der Waals surface area contributed by atoms with Crippen molar-refractivity contribution in [3.05, 3.63) is 26.6 Å². The third-order valence-corrected chi connectivity index (χ3v) is 4.88. The molecular formula is C15H19Br2NO. The quantitative estimate of drug-likeness (QED) is 0.734. The van der Waals surface area contributed by atoms with Gasteiger partial charge in [-0.1, -0.05) is 12.8 Å². The molecule has 1 aromatic carbocycles. The van der Waals surface area contributed by atoms with E-state index in [1.165, 1.54) is 37.7 Å². The summed E-state index contributed by atoms with van der Waals surface area (Å²) in [4.78, 5) is 0. The summed E-state index contributed by atoms with van der Waals surface area (Å²) in [6.45, 7) is 1.76. The molecule has 3 rings (SSSR count). The molecule has 2 saturated carbocycles. The first kappa shape index (κ1) is 13.9. The van der Waals surface area contributed by atoms with E-state index in [1.807, 2.05) is 0 Å². The summed E-state index contributed by atoms with van der Waals surface area (Å²) < 4.78 is 7.99. The Morgan fingerprint density at radius 2 is 1.79 bits per heavy atom. The summed E-state index contributed by atoms with van der Waals surface area (Å²) in [5.41, 5.74) is 1.29. The van der Waals surface area contributed by atoms with Crippen molar-refractivity contribution in [2.75, 3.05) is 6.61 Å². The molecule has 0 radical (unpaired) electrons. The second-order valence-corrected chi connectivity index (χ2v) is 7.33. The molecule has 2 aliphatic rings. The van der Waals surface area contributed by atoms with Crippen molar-refractivity contribution < 1.29 is 4.74 Å². The van der Waals surface area contributed by atoms with Gasteiger partial charge in [0.25, 0.3) is 0 Å². The van der Waals surface area contributed by atoms with E-state index in [4.69, 9.17) is 4.74 Å². The van der Waals surface area contributed by atoms with E-state index in [0.29, 0.717) is 0 Å². The van der Waals surface area contributed by atoms with E-state index in [1.54, 1.807) is 0 Å². The number of hydrogen-bond acceptors (Lipinski definition) is 2. The van der Waals surface area contributed by atoms with Crippen LogP contribution in [0, 0.1) is 5.92 Å². The van der Waals surface area contributed by atoms with Crippen molar-refractivity contribution in [1.29, 1.82) is 0 Å². The molecule has 0 heterocycles. The molecule has 0 aliphatic heterocycles. The van der Waals surface area contributed by atoms with E-state index in [0.717, 1.165) is 39.8 Å². The van der Waals surface area contributed by atoms with E-state index in [-0.39, 0.29) is 0 Å². The van der Waals surface area contributed by atoms with Crippen LogP contribution >= 0.6 is 31.9 Å². The average molecular weight is 389 g/mol. The Morgan fingerprint density at radius 3 is 2.37 bits per heavy atom. The lowest BCUT2D eigenvalue weighted by Gasteiger charge is -2.12. The third kappa shape index (κ3) is 4.20. The van der Waals surface area contributed by atoms with Crippen molar-refractivity contribution in [1.82, 2.24) is 5.32 Å². The first-order chi connectivity index (χ1) is 9.22. The maximum atomic E-state index is 5.90. The van der Waals surface area contributed by atoms with Gasteiger partial charge in [-0.2, -0.15) is 0 Å². The van der Waals surface area contributed by atoms with Crippen LogP contribution in [0.5, 0.6) is 5.75 Å². The summed E-state index contributed by atoms with van der Waals surface area (Å²) in [7, 11) is 0. The summed E-state index contributed by atoms with van der Waals surface area (Å²) in [5, 5.41) is 3.53. The maximum Gasteiger partial charge on any atom is 0.147 e. The van der Waals surface area contributed by atoms with Crippen LogP contribution in [0.2, 0.25) is 0 Å². The number of benzene rings is 1. The first-order valence-corrected chi connectivity index (χ1v) is 8.65. The number of rotatable bonds is 7. The molecule has 19 heavy (non-hydrogen) atoms. The molecular weight excluding hydrogens is 370 g/mol. The number of ether oxygens (including phenoxy) is 1. The lowest BCUT2D eigenvalue weighted by Crippen LogP contribution is -2.15. The Labute approximate surface area is 131 Å². The highest BCUT2D eigenvalue weighted by molar-refractivity contribution is 9.11. The smallest absolute Gasteiger partial charge is 0.147 e. The van der Waals surface area contributed by atoms with Crippen molar-refractivity contribution >= 4 is 31.9 Å². The Balaban J connectivity index is 1.58. The van der Waals surface area contributed by atoms with Gasteiger partial charge in [-0.25, -0.2) is 0 Å². The zero-order valence-corrected chi connectivity index (χ0v) is 14.1. The molecule has 1 N–H and O–H groups in total. The van der Waals surface area contributed by atoms with Crippen LogP contribution in [0.15, 0.2) is 21.1 Å². The van der Waals surface area contributed by atoms with Gasteiger partial charge < -0.3 is 10.1 Å². The van der Waals surface area contributed by atoms with Crippen LogP contribution in [0.1, 0.15) is 37.7 Å². The van der Waals surface area contributed by atoms with Gasteiger partial charge in [-0.3, -0.25) is 0 Å². The van der Waals surface area contributed by atoms with Crippen LogP contribution in [0.3, 0.4) is 0 Å². The fourth-order valence-corrected chi connectivity index (χ4v) is 3.65. The molecule has 0 spiro atoms. The Morgan fingerprint density at radius 1 is 1.11 bits per heavy atom. The third-order valence-electron chi connectivity index (χ3n) is 3.70. The van der Waals surface area contributed by atoms with Crippen LogP contribution < -0.4 is 10.1 Å². The maximum absolute atomic E-state index is 5.90. The first-order valence-electron chi connectivity index (χ1n) is 7.06. The second kappa shape index (κ2) is 6.15. The molecule has 0 bridgehead atoms. The minimum Gasteiger partial charge on any atom is -0.491 e. The Kier molecular flexibility index (Phi) is 4.50. The van der Waals surface area contributed by atoms with Gasteiger partial charge in [0.05, 0.1) is 15.6 Å². The van der Waals surface area contributed by atoms with Gasteiger partial charge in [0.2, 0.25) is 0 Å². The predicted octanol–water partition coefficient (Wildman–Crippen LogP) is 4.64. The van der Waals surface area contributed by atoms with Crippen LogP contribution in [0.25, 0.3) is 0 Å². The minimum absolute atomic E-state index is 0.743. The van der Waals surface area contributed by atoms with Crippen molar-refractivity contribution in [2.24, 2.45) is 5.92 Å². The van der Waals surface area contributed by atoms with Crippen molar-refractivity contribution in [3.63, 3.8) is 0 Å². The zero-order chi connectivity index (χ0) is 13.2. The molecule has 2 nitrogen and oxygen atoms in total. The van der Waals surface area contributed by atoms with E-state index in [2.05, 4.69) is 49.3 Å². The summed E-state index contributed by atoms with van der Waals surface area (Å²) in [6, 6.07) is 5.06. The molecule has 0 atom stereocenters. The normalized spacial score (nSPS) is 18.6. The topological polar surface area (TPSA) is 21.3 Å². The van der Waals surface area contributed by atoms with Gasteiger partial charge in [0.15, 0.2) is 0 Å². The van der Waals surface area contributed by atoms with Gasteiger partial charge in [0, 0.05) is 12.6 Å². The monoisotopic (exact) mass is 387 g/mol. The summed E-state index contributed by atoms with van der Waals surface area (Å²) >= 11 is 7.24. The van der Waals surface area contributed by atoms with E-state index >= 15 is 0 Å². The molecule has 0 unspecified atom stereocenters. The predicted molar refractivity (Wildman–Crippen MR) is 84.5 cm³/mol. The van der Waals surface area contributed by atoms with Crippen LogP contribution in [-0.4, -0.2) is 12.6 Å². The SMILES string of the molecule is Brc1cc(CNC2CC2)cc(Br)c1OCCC1CC1. The molecule has 0 saturated heterocycles. The summed E-state index contributed by atoms with van der Waals surface area (Å²) in [6.07, 6.45) is 6.61. The highest BCUT2D eigenvalue weighted by Crippen LogP contribution is 2.37. The lowest BCUT2D eigenvalue weighted by atomic mass is 10.2. The fourth-order valence-electron chi connectivity index (χ4n) is 2.14. The van der Waals surface area contributed by atoms with Crippen molar-refractivity contribution in [3.8, 4) is 5.75 Å². The highest BCUT2D eigenvalue weighted by Gasteiger charge is 2.22. The highest BCUT2D eigenvalue weighted by atomic mass is 79.9. The molecule has 0 aromatic heterocycles. The molecule has 4 heteroatoms. The van der Waals surface area contributed by atoms with Gasteiger partial charge in [0.1, 0.15) is 5.75 Å². The average Bonchev–Trinajstić information content (AvgIpc) is 3.25. The number of hydrogen-bond donors (Lipinski definition) is 1. The standard InChI is InChI=1S/C15H19Br2NO/c16-13-7-11(9-18-12-3-4-12)8-14(17)15(13)19-6-5-10-1-2-10/h7-8,10,12,18H,1-6,9H2. The van der Waals surface area contributed by atoms with E-state index in [9.17, 15) is 0 Å². The lowest BCUT2D eigenvalue weighted by molar-refractivity contribution is 0.299. The molecule has 1 aromatic rings. The van der Waals surface area contributed by atoms with Crippen LogP contribution in [0.4, 0.5) is 0 Å². The van der Waals surface area contributed by atoms with Crippen molar-refractivity contribution in [2.45, 2.75) is 44.7 Å². The van der Waals surface area contributed by atoms with Crippen LogP contribution in [-0.2, 0) is 6.54 Å². The number of halogens is 2. The second-order valence-electron chi connectivity index (χ2n) is 5.62. The fraction of sp³-hybridized carbons (Fsp3) is 0.600. The molecule has 0 amide bonds. The largest absolute Gasteiger partial charge is 0.491 e. The minimum atomic E-state index is 0.743. The molecule has 104 valence electrons. The Hall–Kier alpha value is -0.0600. The number of nitrogens with one attached hydrogen (secondary N) is 1. The molecule has 2 aliphatic carbocycles. The van der Waals surface area contributed by atoms with Gasteiger partial charge in [-0.15, -0.1) is 0 Å². The zero-order valence-electron chi connectivity index (χ0n) is 10.9. The van der Waals surface area contributed by atoms with Gasteiger partial charge in [-0.05, 0) is 74.7 Å². The Bertz CT molecular complexity index is 432. The summed E-state index contributed by atoms with van der Waals surface area (Å²) in [5.74, 6) is 1.86. The van der Waals surface area contributed by atoms with E-state index < -0.39 is 0 Å².